The van der Waals surface area contributed by atoms with Gasteiger partial charge in [0.15, 0.2) is 11.0 Å². The van der Waals surface area contributed by atoms with Crippen molar-refractivity contribution in [3.05, 3.63) is 22.7 Å². The number of likely N-dealkylation sites (tertiary alicyclic amines) is 1. The van der Waals surface area contributed by atoms with E-state index in [2.05, 4.69) is 30.9 Å². The molecule has 9 heteroatoms. The maximum absolute atomic E-state index is 12.5. The smallest absolute Gasteiger partial charge is 0.323 e. The summed E-state index contributed by atoms with van der Waals surface area (Å²) in [5.41, 5.74) is 1.07. The standard InChI is InChI=1S/C16H22N6O2S/c1-10-17-14(21-20-10)12-2-5-22(8-12)16(23)19-15-18-13(9-25-15)11-3-6-24-7-4-11/h9,11-12H,2-8H2,1H3,(H,17,20,21)(H,18,19,23). The van der Waals surface area contributed by atoms with Crippen LogP contribution in [0.1, 0.15) is 48.4 Å². The first-order valence-electron chi connectivity index (χ1n) is 8.67. The summed E-state index contributed by atoms with van der Waals surface area (Å²) < 4.78 is 5.39. The third-order valence-electron chi connectivity index (χ3n) is 4.83. The van der Waals surface area contributed by atoms with Crippen LogP contribution in [0.15, 0.2) is 5.38 Å². The molecule has 1 atom stereocenters. The van der Waals surface area contributed by atoms with Crippen molar-refractivity contribution >= 4 is 22.5 Å². The van der Waals surface area contributed by atoms with Crippen LogP contribution in [-0.2, 0) is 4.74 Å². The highest BCUT2D eigenvalue weighted by Gasteiger charge is 2.30. The molecule has 0 aliphatic carbocycles. The van der Waals surface area contributed by atoms with E-state index in [1.165, 1.54) is 11.3 Å². The molecule has 2 aliphatic heterocycles. The summed E-state index contributed by atoms with van der Waals surface area (Å²) in [7, 11) is 0. The summed E-state index contributed by atoms with van der Waals surface area (Å²) >= 11 is 1.49. The number of carbonyl (C=O) groups excluding carboxylic acids is 1. The van der Waals surface area contributed by atoms with Gasteiger partial charge in [0.05, 0.1) is 5.69 Å². The molecule has 2 amide bonds. The maximum atomic E-state index is 12.5. The quantitative estimate of drug-likeness (QED) is 0.874. The number of nitrogens with zero attached hydrogens (tertiary/aromatic N) is 4. The largest absolute Gasteiger partial charge is 0.381 e. The summed E-state index contributed by atoms with van der Waals surface area (Å²) in [6.07, 6.45) is 2.89. The molecule has 25 heavy (non-hydrogen) atoms. The van der Waals surface area contributed by atoms with Crippen molar-refractivity contribution in [2.24, 2.45) is 0 Å². The number of rotatable bonds is 3. The molecule has 2 N–H and O–H groups in total. The SMILES string of the molecule is Cc1nc(C2CCN(C(=O)Nc3nc(C4CCOCC4)cs3)C2)n[nH]1. The van der Waals surface area contributed by atoms with Gasteiger partial charge >= 0.3 is 6.03 Å². The Morgan fingerprint density at radius 2 is 2.16 bits per heavy atom. The fraction of sp³-hybridized carbons (Fsp3) is 0.625. The van der Waals surface area contributed by atoms with Gasteiger partial charge in [-0.15, -0.1) is 11.3 Å². The molecule has 8 nitrogen and oxygen atoms in total. The van der Waals surface area contributed by atoms with E-state index in [9.17, 15) is 4.79 Å². The highest BCUT2D eigenvalue weighted by molar-refractivity contribution is 7.13. The lowest BCUT2D eigenvalue weighted by Gasteiger charge is -2.20. The van der Waals surface area contributed by atoms with Crippen LogP contribution in [-0.4, -0.2) is 57.4 Å². The van der Waals surface area contributed by atoms with Crippen LogP contribution in [0.25, 0.3) is 0 Å². The number of amides is 2. The molecule has 4 heterocycles. The van der Waals surface area contributed by atoms with Gasteiger partial charge in [-0.1, -0.05) is 0 Å². The maximum Gasteiger partial charge on any atom is 0.323 e. The minimum atomic E-state index is -0.0948. The normalized spacial score (nSPS) is 21.6. The Bertz CT molecular complexity index is 739. The summed E-state index contributed by atoms with van der Waals surface area (Å²) in [5.74, 6) is 2.25. The first kappa shape index (κ1) is 16.5. The average Bonchev–Trinajstić information content (AvgIpc) is 3.35. The van der Waals surface area contributed by atoms with E-state index in [0.29, 0.717) is 24.1 Å². The number of carbonyl (C=O) groups is 1. The van der Waals surface area contributed by atoms with Crippen LogP contribution >= 0.6 is 11.3 Å². The Kier molecular flexibility index (Phi) is 4.67. The van der Waals surface area contributed by atoms with Crippen LogP contribution in [0, 0.1) is 6.92 Å². The zero-order chi connectivity index (χ0) is 17.2. The molecule has 0 radical (unpaired) electrons. The summed E-state index contributed by atoms with van der Waals surface area (Å²) in [6.45, 7) is 4.82. The Morgan fingerprint density at radius 3 is 2.92 bits per heavy atom. The van der Waals surface area contributed by atoms with Gasteiger partial charge in [-0.3, -0.25) is 10.4 Å². The Morgan fingerprint density at radius 1 is 1.32 bits per heavy atom. The van der Waals surface area contributed by atoms with E-state index >= 15 is 0 Å². The fourth-order valence-corrected chi connectivity index (χ4v) is 4.17. The number of ether oxygens (including phenoxy) is 1. The lowest BCUT2D eigenvalue weighted by Crippen LogP contribution is -2.32. The van der Waals surface area contributed by atoms with Crippen molar-refractivity contribution in [2.45, 2.75) is 38.0 Å². The van der Waals surface area contributed by atoms with E-state index in [1.807, 2.05) is 11.8 Å². The number of nitrogens with one attached hydrogen (secondary N) is 2. The van der Waals surface area contributed by atoms with Crippen LogP contribution in [0.2, 0.25) is 0 Å². The Labute approximate surface area is 150 Å². The molecule has 4 rings (SSSR count). The topological polar surface area (TPSA) is 96.0 Å². The third-order valence-corrected chi connectivity index (χ3v) is 5.61. The lowest BCUT2D eigenvalue weighted by atomic mass is 9.98. The van der Waals surface area contributed by atoms with E-state index < -0.39 is 0 Å². The number of anilines is 1. The number of thiazole rings is 1. The van der Waals surface area contributed by atoms with Gasteiger partial charge in [0.1, 0.15) is 5.82 Å². The van der Waals surface area contributed by atoms with Gasteiger partial charge in [0.25, 0.3) is 0 Å². The zero-order valence-corrected chi connectivity index (χ0v) is 15.0. The van der Waals surface area contributed by atoms with Crippen molar-refractivity contribution < 1.29 is 9.53 Å². The van der Waals surface area contributed by atoms with Crippen molar-refractivity contribution in [3.63, 3.8) is 0 Å². The average molecular weight is 362 g/mol. The first-order valence-corrected chi connectivity index (χ1v) is 9.55. The van der Waals surface area contributed by atoms with E-state index in [0.717, 1.165) is 49.8 Å². The summed E-state index contributed by atoms with van der Waals surface area (Å²) in [6, 6.07) is -0.0948. The molecular formula is C16H22N6O2S. The van der Waals surface area contributed by atoms with E-state index in [4.69, 9.17) is 4.74 Å². The van der Waals surface area contributed by atoms with Crippen LogP contribution in [0.5, 0.6) is 0 Å². The predicted octanol–water partition coefficient (Wildman–Crippen LogP) is 2.49. The monoisotopic (exact) mass is 362 g/mol. The minimum absolute atomic E-state index is 0.0948. The second-order valence-electron chi connectivity index (χ2n) is 6.60. The molecular weight excluding hydrogens is 340 g/mol. The summed E-state index contributed by atoms with van der Waals surface area (Å²) in [4.78, 5) is 23.3. The molecule has 2 saturated heterocycles. The lowest BCUT2D eigenvalue weighted by molar-refractivity contribution is 0.0846. The number of aromatic nitrogens is 4. The number of urea groups is 1. The predicted molar refractivity (Wildman–Crippen MR) is 94.0 cm³/mol. The highest BCUT2D eigenvalue weighted by Crippen LogP contribution is 2.30. The van der Waals surface area contributed by atoms with Crippen molar-refractivity contribution in [1.29, 1.82) is 0 Å². The Hall–Kier alpha value is -2.00. The van der Waals surface area contributed by atoms with Crippen molar-refractivity contribution in [2.75, 3.05) is 31.6 Å². The number of hydrogen-bond acceptors (Lipinski definition) is 6. The number of hydrogen-bond donors (Lipinski definition) is 2. The van der Waals surface area contributed by atoms with Gasteiger partial charge in [0, 0.05) is 43.5 Å². The third kappa shape index (κ3) is 3.67. The van der Waals surface area contributed by atoms with Crippen LogP contribution < -0.4 is 5.32 Å². The van der Waals surface area contributed by atoms with Crippen molar-refractivity contribution in [1.82, 2.24) is 25.1 Å². The number of aromatic amines is 1. The van der Waals surface area contributed by atoms with Crippen molar-refractivity contribution in [3.8, 4) is 0 Å². The van der Waals surface area contributed by atoms with E-state index in [1.54, 1.807) is 0 Å². The molecule has 134 valence electrons. The van der Waals surface area contributed by atoms with Gasteiger partial charge in [-0.2, -0.15) is 5.10 Å². The van der Waals surface area contributed by atoms with Gasteiger partial charge in [0.2, 0.25) is 0 Å². The second-order valence-corrected chi connectivity index (χ2v) is 7.46. The molecule has 0 saturated carbocycles. The number of H-pyrrole nitrogens is 1. The van der Waals surface area contributed by atoms with E-state index in [-0.39, 0.29) is 11.9 Å². The molecule has 0 aromatic carbocycles. The zero-order valence-electron chi connectivity index (χ0n) is 14.2. The molecule has 0 spiro atoms. The Balaban J connectivity index is 1.34. The fourth-order valence-electron chi connectivity index (χ4n) is 3.39. The molecule has 2 aliphatic rings. The molecule has 2 aromatic rings. The van der Waals surface area contributed by atoms with Gasteiger partial charge < -0.3 is 9.64 Å². The molecule has 1 unspecified atom stereocenters. The van der Waals surface area contributed by atoms with Gasteiger partial charge in [-0.05, 0) is 26.2 Å². The molecule has 2 fully saturated rings. The molecule has 2 aromatic heterocycles. The molecule has 0 bridgehead atoms. The minimum Gasteiger partial charge on any atom is -0.381 e. The number of aryl methyl sites for hydroxylation is 1. The van der Waals surface area contributed by atoms with Crippen LogP contribution in [0.3, 0.4) is 0 Å². The summed E-state index contributed by atoms with van der Waals surface area (Å²) in [5, 5.41) is 12.7. The second kappa shape index (κ2) is 7.09. The van der Waals surface area contributed by atoms with Gasteiger partial charge in [-0.25, -0.2) is 14.8 Å². The highest BCUT2D eigenvalue weighted by atomic mass is 32.1. The van der Waals surface area contributed by atoms with Crippen LogP contribution in [0.4, 0.5) is 9.93 Å². The first-order chi connectivity index (χ1) is 12.2.